The summed E-state index contributed by atoms with van der Waals surface area (Å²) in [6.45, 7) is 0.637. The van der Waals surface area contributed by atoms with Crippen LogP contribution in [0.2, 0.25) is 5.02 Å². The van der Waals surface area contributed by atoms with Crippen LogP contribution >= 0.6 is 11.6 Å². The molecule has 1 aliphatic rings. The zero-order valence-corrected chi connectivity index (χ0v) is 12.4. The molecule has 0 spiro atoms. The standard InChI is InChI=1S/C12H17ClFN3O2S/c13-9-4-5-11(14)12(7-9)16-20(18,19)17-6-2-1-3-10(17)8-15/h4-5,7,10,16H,1-3,6,8,15H2. The minimum absolute atomic E-state index is 0.154. The summed E-state index contributed by atoms with van der Waals surface area (Å²) in [6, 6.07) is 3.48. The molecular weight excluding hydrogens is 305 g/mol. The molecule has 8 heteroatoms. The zero-order chi connectivity index (χ0) is 14.8. The van der Waals surface area contributed by atoms with Crippen LogP contribution in [0.5, 0.6) is 0 Å². The van der Waals surface area contributed by atoms with E-state index >= 15 is 0 Å². The summed E-state index contributed by atoms with van der Waals surface area (Å²) in [5.41, 5.74) is 5.45. The predicted molar refractivity (Wildman–Crippen MR) is 77.4 cm³/mol. The summed E-state index contributed by atoms with van der Waals surface area (Å²) in [5.74, 6) is -0.667. The number of rotatable bonds is 4. The van der Waals surface area contributed by atoms with Gasteiger partial charge in [0.1, 0.15) is 5.82 Å². The first-order valence-corrected chi connectivity index (χ1v) is 8.20. The third-order valence-corrected chi connectivity index (χ3v) is 5.13. The van der Waals surface area contributed by atoms with Crippen molar-refractivity contribution in [2.24, 2.45) is 5.73 Å². The summed E-state index contributed by atoms with van der Waals surface area (Å²) < 4.78 is 41.8. The minimum atomic E-state index is -3.83. The van der Waals surface area contributed by atoms with Gasteiger partial charge in [-0.3, -0.25) is 4.72 Å². The lowest BCUT2D eigenvalue weighted by atomic mass is 10.1. The van der Waals surface area contributed by atoms with Crippen LogP contribution in [0.15, 0.2) is 18.2 Å². The molecule has 5 nitrogen and oxygen atoms in total. The first-order valence-electron chi connectivity index (χ1n) is 6.39. The lowest BCUT2D eigenvalue weighted by Crippen LogP contribution is -2.49. The van der Waals surface area contributed by atoms with E-state index in [9.17, 15) is 12.8 Å². The maximum atomic E-state index is 13.6. The molecule has 1 aromatic carbocycles. The summed E-state index contributed by atoms with van der Waals surface area (Å²) in [7, 11) is -3.83. The molecule has 112 valence electrons. The Kier molecular flexibility index (Phi) is 4.85. The van der Waals surface area contributed by atoms with Crippen LogP contribution in [0, 0.1) is 5.82 Å². The summed E-state index contributed by atoms with van der Waals surface area (Å²) in [4.78, 5) is 0. The van der Waals surface area contributed by atoms with Crippen LogP contribution in [-0.2, 0) is 10.2 Å². The van der Waals surface area contributed by atoms with E-state index in [1.165, 1.54) is 16.4 Å². The van der Waals surface area contributed by atoms with Crippen LogP contribution in [0.25, 0.3) is 0 Å². The fraction of sp³-hybridized carbons (Fsp3) is 0.500. The Labute approximate surface area is 123 Å². The molecule has 1 aliphatic heterocycles. The van der Waals surface area contributed by atoms with Crippen molar-refractivity contribution in [3.63, 3.8) is 0 Å². The molecule has 0 bridgehead atoms. The van der Waals surface area contributed by atoms with Gasteiger partial charge in [-0.2, -0.15) is 12.7 Å². The van der Waals surface area contributed by atoms with Crippen LogP contribution in [0.1, 0.15) is 19.3 Å². The van der Waals surface area contributed by atoms with Crippen molar-refractivity contribution in [1.29, 1.82) is 0 Å². The van der Waals surface area contributed by atoms with E-state index in [1.54, 1.807) is 0 Å². The minimum Gasteiger partial charge on any atom is -0.329 e. The SMILES string of the molecule is NCC1CCCCN1S(=O)(=O)Nc1cc(Cl)ccc1F. The molecule has 1 heterocycles. The molecule has 1 aromatic rings. The Bertz CT molecular complexity index is 582. The predicted octanol–water partition coefficient (Wildman–Crippen LogP) is 1.95. The molecule has 0 saturated carbocycles. The second kappa shape index (κ2) is 6.26. The molecule has 20 heavy (non-hydrogen) atoms. The van der Waals surface area contributed by atoms with E-state index in [4.69, 9.17) is 17.3 Å². The summed E-state index contributed by atoms with van der Waals surface area (Å²) in [6.07, 6.45) is 2.43. The van der Waals surface area contributed by atoms with E-state index in [0.717, 1.165) is 25.3 Å². The average Bonchev–Trinajstić information content (AvgIpc) is 2.42. The van der Waals surface area contributed by atoms with Crippen molar-refractivity contribution in [2.45, 2.75) is 25.3 Å². The summed E-state index contributed by atoms with van der Waals surface area (Å²) >= 11 is 5.75. The monoisotopic (exact) mass is 321 g/mol. The highest BCUT2D eigenvalue weighted by Gasteiger charge is 2.31. The zero-order valence-electron chi connectivity index (χ0n) is 10.9. The Morgan fingerprint density at radius 3 is 2.90 bits per heavy atom. The molecular formula is C12H17ClFN3O2S. The number of piperidine rings is 1. The highest BCUT2D eigenvalue weighted by Crippen LogP contribution is 2.24. The highest BCUT2D eigenvalue weighted by atomic mass is 35.5. The number of nitrogens with one attached hydrogen (secondary N) is 1. The third-order valence-electron chi connectivity index (χ3n) is 3.32. The Morgan fingerprint density at radius 2 is 2.20 bits per heavy atom. The van der Waals surface area contributed by atoms with Gasteiger partial charge in [0.05, 0.1) is 5.69 Å². The van der Waals surface area contributed by atoms with Gasteiger partial charge in [-0.05, 0) is 31.0 Å². The Morgan fingerprint density at radius 1 is 1.45 bits per heavy atom. The lowest BCUT2D eigenvalue weighted by molar-refractivity contribution is 0.259. The van der Waals surface area contributed by atoms with Gasteiger partial charge in [0.25, 0.3) is 0 Å². The third kappa shape index (κ3) is 3.41. The molecule has 1 atom stereocenters. The van der Waals surface area contributed by atoms with Crippen LogP contribution in [0.3, 0.4) is 0 Å². The van der Waals surface area contributed by atoms with Crippen molar-refractivity contribution in [2.75, 3.05) is 17.8 Å². The van der Waals surface area contributed by atoms with E-state index in [0.29, 0.717) is 6.54 Å². The van der Waals surface area contributed by atoms with Crippen LogP contribution in [0.4, 0.5) is 10.1 Å². The molecule has 0 amide bonds. The van der Waals surface area contributed by atoms with Crippen LogP contribution in [-0.4, -0.2) is 31.9 Å². The maximum absolute atomic E-state index is 13.6. The van der Waals surface area contributed by atoms with E-state index in [-0.39, 0.29) is 23.3 Å². The normalized spacial score (nSPS) is 20.9. The Balaban J connectivity index is 2.24. The van der Waals surface area contributed by atoms with Gasteiger partial charge in [-0.1, -0.05) is 18.0 Å². The number of nitrogens with two attached hydrogens (primary N) is 1. The first-order chi connectivity index (χ1) is 9.44. The number of hydrogen-bond donors (Lipinski definition) is 2. The highest BCUT2D eigenvalue weighted by molar-refractivity contribution is 7.90. The maximum Gasteiger partial charge on any atom is 0.302 e. The first kappa shape index (κ1) is 15.5. The van der Waals surface area contributed by atoms with Crippen molar-refractivity contribution >= 4 is 27.5 Å². The van der Waals surface area contributed by atoms with Gasteiger partial charge in [-0.15, -0.1) is 0 Å². The number of hydrogen-bond acceptors (Lipinski definition) is 3. The number of nitrogens with zero attached hydrogens (tertiary/aromatic N) is 1. The van der Waals surface area contributed by atoms with Gasteiger partial charge in [0.15, 0.2) is 0 Å². The molecule has 0 aromatic heterocycles. The molecule has 0 radical (unpaired) electrons. The average molecular weight is 322 g/mol. The second-order valence-electron chi connectivity index (χ2n) is 4.73. The van der Waals surface area contributed by atoms with Crippen molar-refractivity contribution in [3.05, 3.63) is 29.0 Å². The number of benzene rings is 1. The lowest BCUT2D eigenvalue weighted by Gasteiger charge is -2.33. The van der Waals surface area contributed by atoms with Gasteiger partial charge in [-0.25, -0.2) is 4.39 Å². The summed E-state index contributed by atoms with van der Waals surface area (Å²) in [5, 5.41) is 0.262. The van der Waals surface area contributed by atoms with Crippen molar-refractivity contribution in [1.82, 2.24) is 4.31 Å². The van der Waals surface area contributed by atoms with E-state index < -0.39 is 16.0 Å². The van der Waals surface area contributed by atoms with Gasteiger partial charge in [0.2, 0.25) is 0 Å². The van der Waals surface area contributed by atoms with Gasteiger partial charge >= 0.3 is 10.2 Å². The second-order valence-corrected chi connectivity index (χ2v) is 6.79. The van der Waals surface area contributed by atoms with Crippen molar-refractivity contribution < 1.29 is 12.8 Å². The fourth-order valence-corrected chi connectivity index (χ4v) is 3.98. The molecule has 1 saturated heterocycles. The van der Waals surface area contributed by atoms with Crippen LogP contribution < -0.4 is 10.5 Å². The Hall–Kier alpha value is -0.890. The van der Waals surface area contributed by atoms with E-state index in [1.807, 2.05) is 0 Å². The number of anilines is 1. The topological polar surface area (TPSA) is 75.4 Å². The van der Waals surface area contributed by atoms with E-state index in [2.05, 4.69) is 4.72 Å². The molecule has 1 fully saturated rings. The number of halogens is 2. The quantitative estimate of drug-likeness (QED) is 0.890. The van der Waals surface area contributed by atoms with Crippen molar-refractivity contribution in [3.8, 4) is 0 Å². The molecule has 0 aliphatic carbocycles. The molecule has 1 unspecified atom stereocenters. The molecule has 3 N–H and O–H groups in total. The molecule has 2 rings (SSSR count). The fourth-order valence-electron chi connectivity index (χ4n) is 2.30. The van der Waals surface area contributed by atoms with Gasteiger partial charge in [0, 0.05) is 24.2 Å². The smallest absolute Gasteiger partial charge is 0.302 e. The largest absolute Gasteiger partial charge is 0.329 e. The van der Waals surface area contributed by atoms with Gasteiger partial charge < -0.3 is 5.73 Å².